The molecule has 5 nitrogen and oxygen atoms in total. The number of carbonyl (C=O) groups excluding carboxylic acids is 1. The summed E-state index contributed by atoms with van der Waals surface area (Å²) in [5.74, 6) is -0.764. The van der Waals surface area contributed by atoms with Crippen LogP contribution in [0.4, 0.5) is 14.5 Å². The van der Waals surface area contributed by atoms with Crippen molar-refractivity contribution >= 4 is 11.6 Å². The summed E-state index contributed by atoms with van der Waals surface area (Å²) in [4.78, 5) is 12.0. The van der Waals surface area contributed by atoms with Crippen molar-refractivity contribution in [2.45, 2.75) is 6.54 Å². The number of anilines is 1. The Morgan fingerprint density at radius 1 is 1.38 bits per heavy atom. The number of aromatic nitrogens is 2. The highest BCUT2D eigenvalue weighted by Crippen LogP contribution is 2.10. The number of rotatable bonds is 5. The highest BCUT2D eigenvalue weighted by Gasteiger charge is 2.09. The zero-order chi connectivity index (χ0) is 15.2. The van der Waals surface area contributed by atoms with Crippen LogP contribution >= 0.6 is 0 Å². The van der Waals surface area contributed by atoms with E-state index in [4.69, 9.17) is 5.73 Å². The number of nitrogens with one attached hydrogen (secondary N) is 1. The Balaban J connectivity index is 2.03. The van der Waals surface area contributed by atoms with Crippen molar-refractivity contribution in [3.63, 3.8) is 0 Å². The number of amides is 1. The maximum absolute atomic E-state index is 12.8. The molecule has 0 spiro atoms. The monoisotopic (exact) mass is 292 g/mol. The maximum Gasteiger partial charge on any atom is 0.258 e. The lowest BCUT2D eigenvalue weighted by molar-refractivity contribution is 0.102. The third-order valence-electron chi connectivity index (χ3n) is 2.78. The fraction of sp³-hybridized carbons (Fsp3) is 0.143. The lowest BCUT2D eigenvalue weighted by Gasteiger charge is -2.03. The normalized spacial score (nSPS) is 11.5. The Kier molecular flexibility index (Phi) is 4.78. The molecule has 0 aliphatic rings. The molecule has 110 valence electrons. The molecule has 2 rings (SSSR count). The highest BCUT2D eigenvalue weighted by molar-refractivity contribution is 6.03. The summed E-state index contributed by atoms with van der Waals surface area (Å²) in [6.07, 6.45) is 3.28. The first-order valence-corrected chi connectivity index (χ1v) is 6.20. The van der Waals surface area contributed by atoms with Gasteiger partial charge in [-0.05, 0) is 29.8 Å². The summed E-state index contributed by atoms with van der Waals surface area (Å²) >= 11 is 0. The lowest BCUT2D eigenvalue weighted by atomic mass is 10.2. The Morgan fingerprint density at radius 2 is 2.10 bits per heavy atom. The fourth-order valence-corrected chi connectivity index (χ4v) is 1.66. The van der Waals surface area contributed by atoms with Crippen LogP contribution in [0.1, 0.15) is 10.4 Å². The quantitative estimate of drug-likeness (QED) is 0.886. The predicted molar refractivity (Wildman–Crippen MR) is 74.8 cm³/mol. The van der Waals surface area contributed by atoms with Crippen LogP contribution in [-0.2, 0) is 6.54 Å². The minimum atomic E-state index is -0.383. The molecule has 0 saturated heterocycles. The number of nitrogens with zero attached hydrogens (tertiary/aromatic N) is 2. The largest absolute Gasteiger partial charge is 0.327 e. The van der Waals surface area contributed by atoms with Gasteiger partial charge in [0, 0.05) is 18.4 Å². The first-order valence-electron chi connectivity index (χ1n) is 6.20. The average Bonchev–Trinajstić information content (AvgIpc) is 2.96. The number of hydrogen-bond acceptors (Lipinski definition) is 3. The second-order valence-corrected chi connectivity index (χ2v) is 4.36. The van der Waals surface area contributed by atoms with Gasteiger partial charge in [-0.15, -0.1) is 0 Å². The number of carbonyl (C=O) groups is 1. The molecular formula is C14H14F2N4O. The molecule has 1 amide bonds. The van der Waals surface area contributed by atoms with Crippen LogP contribution in [0.25, 0.3) is 0 Å². The molecule has 0 saturated carbocycles. The van der Waals surface area contributed by atoms with E-state index in [9.17, 15) is 13.6 Å². The SMILES string of the molecule is NC/C(=C\F)Cn1cc(C(=O)Nc2ccc(F)cc2)cn1. The van der Waals surface area contributed by atoms with Gasteiger partial charge in [0.1, 0.15) is 5.82 Å². The summed E-state index contributed by atoms with van der Waals surface area (Å²) in [6, 6.07) is 5.41. The smallest absolute Gasteiger partial charge is 0.258 e. The van der Waals surface area contributed by atoms with Crippen LogP contribution in [0.15, 0.2) is 48.6 Å². The molecule has 1 aromatic heterocycles. The number of benzene rings is 1. The minimum absolute atomic E-state index is 0.0769. The molecule has 21 heavy (non-hydrogen) atoms. The van der Waals surface area contributed by atoms with Gasteiger partial charge in [-0.3, -0.25) is 9.48 Å². The van der Waals surface area contributed by atoms with Crippen molar-refractivity contribution < 1.29 is 13.6 Å². The summed E-state index contributed by atoms with van der Waals surface area (Å²) in [7, 11) is 0. The van der Waals surface area contributed by atoms with Gasteiger partial charge < -0.3 is 11.1 Å². The van der Waals surface area contributed by atoms with Crippen molar-refractivity contribution in [1.29, 1.82) is 0 Å². The number of halogens is 2. The summed E-state index contributed by atoms with van der Waals surface area (Å²) in [5, 5.41) is 6.57. The van der Waals surface area contributed by atoms with E-state index in [0.717, 1.165) is 0 Å². The second kappa shape index (κ2) is 6.76. The maximum atomic E-state index is 12.8. The van der Waals surface area contributed by atoms with Crippen LogP contribution in [-0.4, -0.2) is 22.2 Å². The van der Waals surface area contributed by atoms with Gasteiger partial charge in [-0.1, -0.05) is 0 Å². The van der Waals surface area contributed by atoms with Crippen molar-refractivity contribution in [2.24, 2.45) is 5.73 Å². The van der Waals surface area contributed by atoms with Gasteiger partial charge >= 0.3 is 0 Å². The van der Waals surface area contributed by atoms with E-state index in [1.807, 2.05) is 0 Å². The number of hydrogen-bond donors (Lipinski definition) is 2. The summed E-state index contributed by atoms with van der Waals surface area (Å²) < 4.78 is 26.6. The van der Waals surface area contributed by atoms with Gasteiger partial charge in [0.15, 0.2) is 0 Å². The van der Waals surface area contributed by atoms with Gasteiger partial charge in [0.2, 0.25) is 0 Å². The Labute approximate surface area is 120 Å². The molecule has 1 aromatic carbocycles. The van der Waals surface area contributed by atoms with Crippen molar-refractivity contribution in [1.82, 2.24) is 9.78 Å². The minimum Gasteiger partial charge on any atom is -0.327 e. The molecule has 2 aromatic rings. The molecule has 0 bridgehead atoms. The molecular weight excluding hydrogens is 278 g/mol. The molecule has 3 N–H and O–H groups in total. The van der Waals surface area contributed by atoms with E-state index >= 15 is 0 Å². The molecule has 0 fully saturated rings. The Morgan fingerprint density at radius 3 is 2.71 bits per heavy atom. The van der Waals surface area contributed by atoms with Crippen LogP contribution < -0.4 is 11.1 Å². The van der Waals surface area contributed by atoms with Gasteiger partial charge in [-0.2, -0.15) is 5.10 Å². The third-order valence-corrected chi connectivity index (χ3v) is 2.78. The van der Waals surface area contributed by atoms with Crippen LogP contribution in [0, 0.1) is 5.82 Å². The summed E-state index contributed by atoms with van der Waals surface area (Å²) in [5.41, 5.74) is 6.50. The van der Waals surface area contributed by atoms with E-state index in [1.54, 1.807) is 0 Å². The van der Waals surface area contributed by atoms with Crippen LogP contribution in [0.5, 0.6) is 0 Å². The third kappa shape index (κ3) is 3.96. The second-order valence-electron chi connectivity index (χ2n) is 4.36. The molecule has 0 unspecified atom stereocenters. The zero-order valence-corrected chi connectivity index (χ0v) is 11.1. The first-order chi connectivity index (χ1) is 10.1. The van der Waals surface area contributed by atoms with Gasteiger partial charge in [0.25, 0.3) is 5.91 Å². The van der Waals surface area contributed by atoms with E-state index in [2.05, 4.69) is 10.4 Å². The fourth-order valence-electron chi connectivity index (χ4n) is 1.66. The molecule has 7 heteroatoms. The predicted octanol–water partition coefficient (Wildman–Crippen LogP) is 2.09. The highest BCUT2D eigenvalue weighted by atomic mass is 19.1. The Bertz CT molecular complexity index is 649. The molecule has 0 aliphatic carbocycles. The molecule has 0 atom stereocenters. The lowest BCUT2D eigenvalue weighted by Crippen LogP contribution is -2.12. The van der Waals surface area contributed by atoms with E-state index < -0.39 is 0 Å². The zero-order valence-electron chi connectivity index (χ0n) is 11.1. The van der Waals surface area contributed by atoms with E-state index in [-0.39, 0.29) is 24.8 Å². The molecule has 0 aliphatic heterocycles. The van der Waals surface area contributed by atoms with Gasteiger partial charge in [0.05, 0.1) is 24.6 Å². The van der Waals surface area contributed by atoms with Crippen LogP contribution in [0.3, 0.4) is 0 Å². The summed E-state index contributed by atoms with van der Waals surface area (Å²) in [6.45, 7) is 0.254. The number of nitrogens with two attached hydrogens (primary N) is 1. The van der Waals surface area contributed by atoms with E-state index in [1.165, 1.54) is 41.3 Å². The van der Waals surface area contributed by atoms with Crippen molar-refractivity contribution in [2.75, 3.05) is 11.9 Å². The van der Waals surface area contributed by atoms with Crippen LogP contribution in [0.2, 0.25) is 0 Å². The molecule has 0 radical (unpaired) electrons. The standard InChI is InChI=1S/C14H14F2N4O/c15-5-10(6-17)8-20-9-11(7-18-20)14(21)19-13-3-1-12(16)2-4-13/h1-5,7,9H,6,8,17H2,(H,19,21)/b10-5+. The van der Waals surface area contributed by atoms with Gasteiger partial charge in [-0.25, -0.2) is 8.78 Å². The van der Waals surface area contributed by atoms with Crippen molar-refractivity contribution in [3.05, 3.63) is 59.9 Å². The average molecular weight is 292 g/mol. The van der Waals surface area contributed by atoms with Crippen molar-refractivity contribution in [3.8, 4) is 0 Å². The first kappa shape index (κ1) is 14.9. The molecule has 1 heterocycles. The van der Waals surface area contributed by atoms with E-state index in [0.29, 0.717) is 23.2 Å². The topological polar surface area (TPSA) is 72.9 Å². The Hall–Kier alpha value is -2.54.